The quantitative estimate of drug-likeness (QED) is 0.934. The van der Waals surface area contributed by atoms with Crippen LogP contribution in [0, 0.1) is 0 Å². The Kier molecular flexibility index (Phi) is 4.07. The van der Waals surface area contributed by atoms with E-state index >= 15 is 0 Å². The van der Waals surface area contributed by atoms with E-state index in [0.717, 1.165) is 43.4 Å². The normalized spacial score (nSPS) is 14.6. The van der Waals surface area contributed by atoms with Crippen LogP contribution in [0.2, 0.25) is 5.02 Å². The standard InChI is InChI=1S/C14H19ClN6/c1-10(2)16-6-11-5-13(17-7-12(11)15)20-3-4-21-9-18-19-14(21)8-20/h5,7,9-10,16H,3-4,6,8H2,1-2H3. The van der Waals surface area contributed by atoms with E-state index in [1.165, 1.54) is 0 Å². The number of anilines is 1. The molecule has 0 radical (unpaired) electrons. The van der Waals surface area contributed by atoms with Crippen molar-refractivity contribution < 1.29 is 0 Å². The van der Waals surface area contributed by atoms with Crippen molar-refractivity contribution in [1.82, 2.24) is 25.1 Å². The van der Waals surface area contributed by atoms with Crippen LogP contribution in [0.4, 0.5) is 5.82 Å². The zero-order chi connectivity index (χ0) is 14.8. The minimum atomic E-state index is 0.422. The van der Waals surface area contributed by atoms with E-state index in [1.807, 2.05) is 0 Å². The van der Waals surface area contributed by atoms with E-state index in [4.69, 9.17) is 11.6 Å². The second-order valence-electron chi connectivity index (χ2n) is 5.53. The fourth-order valence-electron chi connectivity index (χ4n) is 2.35. The Morgan fingerprint density at radius 1 is 1.38 bits per heavy atom. The summed E-state index contributed by atoms with van der Waals surface area (Å²) in [4.78, 5) is 6.66. The molecule has 6 nitrogen and oxygen atoms in total. The number of pyridine rings is 1. The van der Waals surface area contributed by atoms with Crippen LogP contribution < -0.4 is 10.2 Å². The SMILES string of the molecule is CC(C)NCc1cc(N2CCn3cnnc3C2)ncc1Cl. The number of nitrogens with zero attached hydrogens (tertiary/aromatic N) is 5. The third-order valence-corrected chi connectivity index (χ3v) is 3.92. The fourth-order valence-corrected chi connectivity index (χ4v) is 2.52. The number of hydrogen-bond acceptors (Lipinski definition) is 5. The highest BCUT2D eigenvalue weighted by Crippen LogP contribution is 2.23. The van der Waals surface area contributed by atoms with Crippen molar-refractivity contribution in [2.24, 2.45) is 0 Å². The molecule has 2 aromatic rings. The number of halogens is 1. The smallest absolute Gasteiger partial charge is 0.152 e. The van der Waals surface area contributed by atoms with Gasteiger partial charge in [0.05, 0.1) is 11.6 Å². The molecule has 1 aliphatic rings. The molecule has 0 aliphatic carbocycles. The van der Waals surface area contributed by atoms with Crippen LogP contribution in [-0.4, -0.2) is 32.3 Å². The molecule has 0 saturated carbocycles. The van der Waals surface area contributed by atoms with E-state index in [2.05, 4.69) is 49.9 Å². The molecular formula is C14H19ClN6. The first-order valence-corrected chi connectivity index (χ1v) is 7.50. The van der Waals surface area contributed by atoms with Crippen molar-refractivity contribution in [3.63, 3.8) is 0 Å². The minimum absolute atomic E-state index is 0.422. The summed E-state index contributed by atoms with van der Waals surface area (Å²) in [5.41, 5.74) is 1.07. The van der Waals surface area contributed by atoms with Crippen molar-refractivity contribution in [3.05, 3.63) is 35.0 Å². The molecule has 1 aliphatic heterocycles. The molecule has 0 saturated heterocycles. The van der Waals surface area contributed by atoms with Crippen LogP contribution in [0.3, 0.4) is 0 Å². The topological polar surface area (TPSA) is 58.9 Å². The Hall–Kier alpha value is -1.66. The molecule has 112 valence electrons. The largest absolute Gasteiger partial charge is 0.347 e. The van der Waals surface area contributed by atoms with E-state index < -0.39 is 0 Å². The molecule has 2 aromatic heterocycles. The van der Waals surface area contributed by atoms with Crippen molar-refractivity contribution >= 4 is 17.4 Å². The second kappa shape index (κ2) is 5.99. The van der Waals surface area contributed by atoms with Gasteiger partial charge < -0.3 is 14.8 Å². The fraction of sp³-hybridized carbons (Fsp3) is 0.500. The van der Waals surface area contributed by atoms with Crippen LogP contribution in [0.5, 0.6) is 0 Å². The number of aromatic nitrogens is 4. The lowest BCUT2D eigenvalue weighted by molar-refractivity contribution is 0.555. The summed E-state index contributed by atoms with van der Waals surface area (Å²) in [5.74, 6) is 1.91. The van der Waals surface area contributed by atoms with Crippen LogP contribution in [0.25, 0.3) is 0 Å². The number of fused-ring (bicyclic) bond motifs is 1. The molecule has 21 heavy (non-hydrogen) atoms. The summed E-state index contributed by atoms with van der Waals surface area (Å²) in [7, 11) is 0. The lowest BCUT2D eigenvalue weighted by Crippen LogP contribution is -2.34. The maximum atomic E-state index is 6.23. The van der Waals surface area contributed by atoms with Gasteiger partial charge in [0.2, 0.25) is 0 Å². The first kappa shape index (κ1) is 14.3. The molecule has 3 heterocycles. The molecule has 0 atom stereocenters. The minimum Gasteiger partial charge on any atom is -0.347 e. The number of rotatable bonds is 4. The lowest BCUT2D eigenvalue weighted by Gasteiger charge is -2.28. The Morgan fingerprint density at radius 3 is 3.05 bits per heavy atom. The maximum Gasteiger partial charge on any atom is 0.152 e. The summed E-state index contributed by atoms with van der Waals surface area (Å²) in [6.45, 7) is 7.49. The van der Waals surface area contributed by atoms with Crippen LogP contribution in [0.1, 0.15) is 25.2 Å². The van der Waals surface area contributed by atoms with E-state index in [0.29, 0.717) is 11.1 Å². The maximum absolute atomic E-state index is 6.23. The summed E-state index contributed by atoms with van der Waals surface area (Å²) >= 11 is 6.23. The molecule has 0 bridgehead atoms. The molecule has 0 fully saturated rings. The Bertz CT molecular complexity index is 624. The highest BCUT2D eigenvalue weighted by Gasteiger charge is 2.19. The molecular weight excluding hydrogens is 288 g/mol. The summed E-state index contributed by atoms with van der Waals surface area (Å²) in [6, 6.07) is 2.48. The zero-order valence-corrected chi connectivity index (χ0v) is 13.0. The van der Waals surface area contributed by atoms with Gasteiger partial charge in [-0.15, -0.1) is 10.2 Å². The van der Waals surface area contributed by atoms with E-state index in [-0.39, 0.29) is 0 Å². The lowest BCUT2D eigenvalue weighted by atomic mass is 10.2. The van der Waals surface area contributed by atoms with Crippen LogP contribution in [-0.2, 0) is 19.6 Å². The molecule has 0 aromatic carbocycles. The summed E-state index contributed by atoms with van der Waals surface area (Å²) in [5, 5.41) is 12.2. The summed E-state index contributed by atoms with van der Waals surface area (Å²) < 4.78 is 2.08. The van der Waals surface area contributed by atoms with Gasteiger partial charge in [-0.3, -0.25) is 0 Å². The molecule has 1 N–H and O–H groups in total. The predicted octanol–water partition coefficient (Wildman–Crippen LogP) is 1.84. The van der Waals surface area contributed by atoms with Crippen LogP contribution in [0.15, 0.2) is 18.6 Å². The predicted molar refractivity (Wildman–Crippen MR) is 82.3 cm³/mol. The average molecular weight is 307 g/mol. The van der Waals surface area contributed by atoms with Crippen molar-refractivity contribution in [2.45, 2.75) is 39.5 Å². The Balaban J connectivity index is 1.78. The molecule has 0 amide bonds. The van der Waals surface area contributed by atoms with Gasteiger partial charge in [-0.1, -0.05) is 25.4 Å². The summed E-state index contributed by atoms with van der Waals surface area (Å²) in [6.07, 6.45) is 3.51. The van der Waals surface area contributed by atoms with E-state index in [9.17, 15) is 0 Å². The van der Waals surface area contributed by atoms with Gasteiger partial charge in [-0.2, -0.15) is 0 Å². The third kappa shape index (κ3) is 3.16. The van der Waals surface area contributed by atoms with E-state index in [1.54, 1.807) is 12.5 Å². The Labute approximate surface area is 129 Å². The molecule has 0 unspecified atom stereocenters. The van der Waals surface area contributed by atoms with Gasteiger partial charge in [0, 0.05) is 31.9 Å². The van der Waals surface area contributed by atoms with Gasteiger partial charge in [-0.05, 0) is 11.6 Å². The van der Waals surface area contributed by atoms with Gasteiger partial charge in [-0.25, -0.2) is 4.98 Å². The number of hydrogen-bond donors (Lipinski definition) is 1. The van der Waals surface area contributed by atoms with Crippen molar-refractivity contribution in [2.75, 3.05) is 11.4 Å². The highest BCUT2D eigenvalue weighted by atomic mass is 35.5. The van der Waals surface area contributed by atoms with Crippen LogP contribution >= 0.6 is 11.6 Å². The first-order valence-electron chi connectivity index (χ1n) is 7.13. The van der Waals surface area contributed by atoms with Gasteiger partial charge in [0.1, 0.15) is 12.1 Å². The third-order valence-electron chi connectivity index (χ3n) is 3.58. The average Bonchev–Trinajstić information content (AvgIpc) is 2.93. The number of nitrogens with one attached hydrogen (secondary N) is 1. The Morgan fingerprint density at radius 2 is 2.24 bits per heavy atom. The van der Waals surface area contributed by atoms with Crippen molar-refractivity contribution in [1.29, 1.82) is 0 Å². The second-order valence-corrected chi connectivity index (χ2v) is 5.94. The molecule has 0 spiro atoms. The van der Waals surface area contributed by atoms with Gasteiger partial charge in [0.15, 0.2) is 5.82 Å². The monoisotopic (exact) mass is 306 g/mol. The van der Waals surface area contributed by atoms with Gasteiger partial charge >= 0.3 is 0 Å². The molecule has 3 rings (SSSR count). The van der Waals surface area contributed by atoms with Gasteiger partial charge in [0.25, 0.3) is 0 Å². The molecule has 7 heteroatoms. The van der Waals surface area contributed by atoms with Crippen molar-refractivity contribution in [3.8, 4) is 0 Å². The first-order chi connectivity index (χ1) is 10.1. The zero-order valence-electron chi connectivity index (χ0n) is 12.3. The highest BCUT2D eigenvalue weighted by molar-refractivity contribution is 6.31.